The molecular formula is C24H19ClF3N5O3. The largest absolute Gasteiger partial charge is 0.494 e. The summed E-state index contributed by atoms with van der Waals surface area (Å²) < 4.78 is 52.4. The molecule has 0 aliphatic carbocycles. The van der Waals surface area contributed by atoms with E-state index in [9.17, 15) is 18.0 Å². The number of nitrogens with two attached hydrogens (primary N) is 1. The van der Waals surface area contributed by atoms with E-state index in [0.717, 1.165) is 23.4 Å². The summed E-state index contributed by atoms with van der Waals surface area (Å²) in [7, 11) is 1.45. The summed E-state index contributed by atoms with van der Waals surface area (Å²) in [6.45, 7) is 0.772. The number of alkyl halides is 3. The van der Waals surface area contributed by atoms with E-state index in [2.05, 4.69) is 15.3 Å². The van der Waals surface area contributed by atoms with Gasteiger partial charge in [0.05, 0.1) is 48.7 Å². The molecule has 3 heterocycles. The first-order valence-corrected chi connectivity index (χ1v) is 11.1. The predicted molar refractivity (Wildman–Crippen MR) is 127 cm³/mol. The lowest BCUT2D eigenvalue weighted by Crippen LogP contribution is -2.16. The zero-order valence-electron chi connectivity index (χ0n) is 18.8. The van der Waals surface area contributed by atoms with E-state index in [4.69, 9.17) is 26.8 Å². The quantitative estimate of drug-likeness (QED) is 0.390. The Kier molecular flexibility index (Phi) is 5.97. The Balaban J connectivity index is 1.44. The van der Waals surface area contributed by atoms with Crippen LogP contribution in [0.15, 0.2) is 42.7 Å². The van der Waals surface area contributed by atoms with Gasteiger partial charge in [0.15, 0.2) is 5.82 Å². The Morgan fingerprint density at radius 3 is 2.78 bits per heavy atom. The number of nitrogens with one attached hydrogen (secondary N) is 1. The van der Waals surface area contributed by atoms with Gasteiger partial charge in [0, 0.05) is 17.3 Å². The van der Waals surface area contributed by atoms with Gasteiger partial charge in [-0.25, -0.2) is 9.97 Å². The highest BCUT2D eigenvalue weighted by atomic mass is 35.5. The lowest BCUT2D eigenvalue weighted by molar-refractivity contribution is -0.137. The maximum Gasteiger partial charge on any atom is 0.417 e. The second-order valence-electron chi connectivity index (χ2n) is 8.13. The van der Waals surface area contributed by atoms with E-state index in [0.29, 0.717) is 47.2 Å². The van der Waals surface area contributed by atoms with Crippen LogP contribution in [-0.2, 0) is 35.3 Å². The van der Waals surface area contributed by atoms with Crippen molar-refractivity contribution in [1.29, 1.82) is 0 Å². The van der Waals surface area contributed by atoms with E-state index in [1.54, 1.807) is 18.2 Å². The zero-order chi connectivity index (χ0) is 25.6. The van der Waals surface area contributed by atoms with Crippen molar-refractivity contribution in [2.45, 2.75) is 25.8 Å². The monoisotopic (exact) mass is 517 g/mol. The molecule has 0 atom stereocenters. The van der Waals surface area contributed by atoms with E-state index >= 15 is 0 Å². The topological polar surface area (TPSA) is 104 Å². The number of halogens is 4. The lowest BCUT2D eigenvalue weighted by Gasteiger charge is -2.15. The van der Waals surface area contributed by atoms with Crippen LogP contribution in [0.25, 0.3) is 16.7 Å². The lowest BCUT2D eigenvalue weighted by atomic mass is 10.1. The molecule has 0 bridgehead atoms. The Morgan fingerprint density at radius 1 is 1.22 bits per heavy atom. The number of methoxy groups -OCH3 is 1. The van der Waals surface area contributed by atoms with Crippen LogP contribution >= 0.6 is 11.6 Å². The molecule has 0 unspecified atom stereocenters. The minimum Gasteiger partial charge on any atom is -0.494 e. The number of hydrogen-bond donors (Lipinski definition) is 2. The number of benzene rings is 2. The molecular weight excluding hydrogens is 499 g/mol. The van der Waals surface area contributed by atoms with Crippen LogP contribution in [0.3, 0.4) is 0 Å². The number of carbonyl (C=O) groups is 1. The molecule has 1 amide bonds. The maximum absolute atomic E-state index is 13.1. The molecule has 8 nitrogen and oxygen atoms in total. The van der Waals surface area contributed by atoms with Crippen molar-refractivity contribution in [2.75, 3.05) is 18.2 Å². The third kappa shape index (κ3) is 4.20. The van der Waals surface area contributed by atoms with Gasteiger partial charge in [0.1, 0.15) is 23.1 Å². The minimum absolute atomic E-state index is 0.171. The number of rotatable bonds is 5. The molecule has 5 rings (SSSR count). The molecule has 0 fully saturated rings. The Labute approximate surface area is 207 Å². The highest BCUT2D eigenvalue weighted by Gasteiger charge is 2.33. The van der Waals surface area contributed by atoms with E-state index < -0.39 is 22.7 Å². The molecule has 4 aromatic rings. The van der Waals surface area contributed by atoms with Gasteiger partial charge in [0.2, 0.25) is 5.91 Å². The van der Waals surface area contributed by atoms with Crippen LogP contribution in [0.1, 0.15) is 22.4 Å². The van der Waals surface area contributed by atoms with Crippen molar-refractivity contribution in [1.82, 2.24) is 14.5 Å². The second kappa shape index (κ2) is 8.99. The maximum atomic E-state index is 13.1. The number of nitrogen functional groups attached to an aromatic ring is 1. The van der Waals surface area contributed by atoms with E-state index in [1.165, 1.54) is 19.5 Å². The summed E-state index contributed by atoms with van der Waals surface area (Å²) in [5.74, 6) is 0.139. The molecule has 0 saturated heterocycles. The molecule has 186 valence electrons. The first-order valence-electron chi connectivity index (χ1n) is 10.7. The molecule has 1 aliphatic heterocycles. The minimum atomic E-state index is -4.62. The fraction of sp³-hybridized carbons (Fsp3) is 0.208. The molecule has 0 spiro atoms. The normalized spacial score (nSPS) is 13.1. The molecule has 3 N–H and O–H groups in total. The number of nitrogens with zero attached hydrogens (tertiary/aromatic N) is 3. The summed E-state index contributed by atoms with van der Waals surface area (Å²) in [6.07, 6.45) is -3.50. The van der Waals surface area contributed by atoms with Gasteiger partial charge in [-0.3, -0.25) is 4.79 Å². The van der Waals surface area contributed by atoms with Crippen molar-refractivity contribution in [3.05, 3.63) is 70.1 Å². The standard InChI is InChI=1S/C24H19ClF3N5O3/c1-35-19-8-13(33-18-10-36-9-14(18)21-22(33)23(29)31-11-30-21)3-5-17(19)32-20(34)7-12-2-4-16(25)15(6-12)24(26,27)28/h2-6,8,11H,7,9-10H2,1H3,(H,32,34)(H2,29,30,31). The van der Waals surface area contributed by atoms with Gasteiger partial charge in [-0.15, -0.1) is 0 Å². The molecule has 36 heavy (non-hydrogen) atoms. The summed E-state index contributed by atoms with van der Waals surface area (Å²) in [4.78, 5) is 21.1. The summed E-state index contributed by atoms with van der Waals surface area (Å²) in [5.41, 5.74) is 9.55. The van der Waals surface area contributed by atoms with E-state index in [-0.39, 0.29) is 12.0 Å². The fourth-order valence-corrected chi connectivity index (χ4v) is 4.50. The Hall–Kier alpha value is -3.83. The van der Waals surface area contributed by atoms with Gasteiger partial charge < -0.3 is 25.1 Å². The Morgan fingerprint density at radius 2 is 2.03 bits per heavy atom. The van der Waals surface area contributed by atoms with Crippen LogP contribution < -0.4 is 15.8 Å². The number of anilines is 2. The van der Waals surface area contributed by atoms with Crippen LogP contribution in [0.2, 0.25) is 5.02 Å². The average molecular weight is 518 g/mol. The van der Waals surface area contributed by atoms with Crippen molar-refractivity contribution in [3.63, 3.8) is 0 Å². The highest BCUT2D eigenvalue weighted by Crippen LogP contribution is 2.38. The third-order valence-corrected chi connectivity index (χ3v) is 6.21. The number of hydrogen-bond acceptors (Lipinski definition) is 6. The van der Waals surface area contributed by atoms with Crippen molar-refractivity contribution in [2.24, 2.45) is 0 Å². The van der Waals surface area contributed by atoms with Crippen molar-refractivity contribution >= 4 is 40.0 Å². The summed E-state index contributed by atoms with van der Waals surface area (Å²) in [6, 6.07) is 8.49. The first-order chi connectivity index (χ1) is 17.2. The van der Waals surface area contributed by atoms with Crippen LogP contribution in [0.4, 0.5) is 24.7 Å². The van der Waals surface area contributed by atoms with Gasteiger partial charge in [-0.1, -0.05) is 17.7 Å². The molecule has 0 saturated carbocycles. The fourth-order valence-electron chi connectivity index (χ4n) is 4.28. The number of fused-ring (bicyclic) bond motifs is 3. The van der Waals surface area contributed by atoms with Crippen LogP contribution in [0, 0.1) is 0 Å². The summed E-state index contributed by atoms with van der Waals surface area (Å²) >= 11 is 5.66. The van der Waals surface area contributed by atoms with E-state index in [1.807, 2.05) is 4.57 Å². The molecule has 12 heteroatoms. The van der Waals surface area contributed by atoms with Gasteiger partial charge >= 0.3 is 6.18 Å². The summed E-state index contributed by atoms with van der Waals surface area (Å²) in [5, 5.41) is 2.27. The smallest absolute Gasteiger partial charge is 0.417 e. The number of amides is 1. The predicted octanol–water partition coefficient (Wildman–Crippen LogP) is 4.89. The average Bonchev–Trinajstić information content (AvgIpc) is 3.42. The number of aromatic nitrogens is 3. The number of ether oxygens (including phenoxy) is 2. The number of carbonyl (C=O) groups excluding carboxylic acids is 1. The van der Waals surface area contributed by atoms with Gasteiger partial charge in [-0.2, -0.15) is 13.2 Å². The highest BCUT2D eigenvalue weighted by molar-refractivity contribution is 6.31. The molecule has 2 aromatic heterocycles. The van der Waals surface area contributed by atoms with Crippen LogP contribution in [0.5, 0.6) is 5.75 Å². The zero-order valence-corrected chi connectivity index (χ0v) is 19.6. The molecule has 0 radical (unpaired) electrons. The SMILES string of the molecule is COc1cc(-n2c3c(c4ncnc(N)c42)COC3)ccc1NC(=O)Cc1ccc(Cl)c(C(F)(F)F)c1. The molecule has 2 aromatic carbocycles. The van der Waals surface area contributed by atoms with Crippen LogP contribution in [-0.4, -0.2) is 27.6 Å². The van der Waals surface area contributed by atoms with Crippen molar-refractivity contribution < 1.29 is 27.4 Å². The van der Waals surface area contributed by atoms with Gasteiger partial charge in [0.25, 0.3) is 0 Å². The second-order valence-corrected chi connectivity index (χ2v) is 8.54. The van der Waals surface area contributed by atoms with Crippen molar-refractivity contribution in [3.8, 4) is 11.4 Å². The third-order valence-electron chi connectivity index (χ3n) is 5.88. The Bertz CT molecular complexity index is 1500. The first kappa shape index (κ1) is 23.9. The molecule has 1 aliphatic rings. The van der Waals surface area contributed by atoms with Gasteiger partial charge in [-0.05, 0) is 29.8 Å².